The molecule has 6 nitrogen and oxygen atoms in total. The first-order chi connectivity index (χ1) is 12.0. The number of carbonyl (C=O) groups excluding carboxylic acids is 2. The number of nitrogens with one attached hydrogen (secondary N) is 2. The van der Waals surface area contributed by atoms with Crippen LogP contribution in [0.25, 0.3) is 0 Å². The van der Waals surface area contributed by atoms with Gasteiger partial charge in [0.25, 0.3) is 5.91 Å². The van der Waals surface area contributed by atoms with Crippen molar-refractivity contribution in [2.45, 2.75) is 6.54 Å². The SMILES string of the molecule is COc1cccc(OC)c1C(=O)NCC(=O)NCc1ccc(F)cc1. The van der Waals surface area contributed by atoms with E-state index in [9.17, 15) is 14.0 Å². The third-order valence-electron chi connectivity index (χ3n) is 3.47. The summed E-state index contributed by atoms with van der Waals surface area (Å²) in [5, 5.41) is 5.17. The summed E-state index contributed by atoms with van der Waals surface area (Å²) in [6, 6.07) is 10.7. The van der Waals surface area contributed by atoms with Gasteiger partial charge in [0.15, 0.2) is 0 Å². The first-order valence-electron chi connectivity index (χ1n) is 7.55. The van der Waals surface area contributed by atoms with Crippen molar-refractivity contribution in [2.75, 3.05) is 20.8 Å². The van der Waals surface area contributed by atoms with Crippen molar-refractivity contribution in [3.05, 3.63) is 59.4 Å². The van der Waals surface area contributed by atoms with Crippen LogP contribution in [-0.2, 0) is 11.3 Å². The maximum atomic E-state index is 12.8. The second-order valence-corrected chi connectivity index (χ2v) is 5.12. The average Bonchev–Trinajstić information content (AvgIpc) is 2.64. The number of benzene rings is 2. The van der Waals surface area contributed by atoms with Gasteiger partial charge >= 0.3 is 0 Å². The van der Waals surface area contributed by atoms with Gasteiger partial charge in [-0.1, -0.05) is 18.2 Å². The van der Waals surface area contributed by atoms with Gasteiger partial charge in [0.05, 0.1) is 20.8 Å². The lowest BCUT2D eigenvalue weighted by Crippen LogP contribution is -2.36. The molecule has 0 aliphatic heterocycles. The van der Waals surface area contributed by atoms with Crippen molar-refractivity contribution < 1.29 is 23.5 Å². The fourth-order valence-corrected chi connectivity index (χ4v) is 2.19. The van der Waals surface area contributed by atoms with Gasteiger partial charge in [-0.05, 0) is 29.8 Å². The van der Waals surface area contributed by atoms with Crippen LogP contribution in [0.3, 0.4) is 0 Å². The lowest BCUT2D eigenvalue weighted by atomic mass is 10.1. The molecule has 7 heteroatoms. The summed E-state index contributed by atoms with van der Waals surface area (Å²) in [7, 11) is 2.89. The maximum Gasteiger partial charge on any atom is 0.259 e. The standard InChI is InChI=1S/C18H19FN2O4/c1-24-14-4-3-5-15(25-2)17(14)18(23)21-11-16(22)20-10-12-6-8-13(19)9-7-12/h3-9H,10-11H2,1-2H3,(H,20,22)(H,21,23). The molecule has 0 fully saturated rings. The molecule has 0 aliphatic carbocycles. The number of amides is 2. The third kappa shape index (κ3) is 4.94. The van der Waals surface area contributed by atoms with Gasteiger partial charge in [0, 0.05) is 6.54 Å². The van der Waals surface area contributed by atoms with Crippen molar-refractivity contribution in [3.8, 4) is 11.5 Å². The molecule has 0 bridgehead atoms. The molecule has 2 aromatic carbocycles. The molecule has 132 valence electrons. The largest absolute Gasteiger partial charge is 0.496 e. The van der Waals surface area contributed by atoms with Crippen LogP contribution >= 0.6 is 0 Å². The normalized spacial score (nSPS) is 10.0. The fraction of sp³-hybridized carbons (Fsp3) is 0.222. The minimum absolute atomic E-state index is 0.207. The Labute approximate surface area is 144 Å². The molecule has 0 aromatic heterocycles. The molecule has 2 amide bonds. The third-order valence-corrected chi connectivity index (χ3v) is 3.47. The molecule has 2 rings (SSSR count). The van der Waals surface area contributed by atoms with E-state index < -0.39 is 5.91 Å². The Hall–Kier alpha value is -3.09. The zero-order valence-electron chi connectivity index (χ0n) is 14.0. The smallest absolute Gasteiger partial charge is 0.259 e. The van der Waals surface area contributed by atoms with Crippen LogP contribution in [-0.4, -0.2) is 32.6 Å². The number of hydrogen-bond acceptors (Lipinski definition) is 4. The molecule has 2 N–H and O–H groups in total. The van der Waals surface area contributed by atoms with Gasteiger partial charge < -0.3 is 20.1 Å². The van der Waals surface area contributed by atoms with Crippen molar-refractivity contribution in [1.82, 2.24) is 10.6 Å². The molecule has 0 saturated carbocycles. The topological polar surface area (TPSA) is 76.7 Å². The minimum atomic E-state index is -0.480. The van der Waals surface area contributed by atoms with Crippen LogP contribution in [0, 0.1) is 5.82 Å². The number of ether oxygens (including phenoxy) is 2. The van der Waals surface area contributed by atoms with E-state index in [0.717, 1.165) is 5.56 Å². The predicted octanol–water partition coefficient (Wildman–Crippen LogP) is 1.89. The van der Waals surface area contributed by atoms with Crippen LogP contribution in [0.4, 0.5) is 4.39 Å². The van der Waals surface area contributed by atoms with E-state index >= 15 is 0 Å². The van der Waals surface area contributed by atoms with E-state index in [2.05, 4.69) is 10.6 Å². The summed E-state index contributed by atoms with van der Waals surface area (Å²) < 4.78 is 23.1. The lowest BCUT2D eigenvalue weighted by Gasteiger charge is -2.13. The molecule has 0 radical (unpaired) electrons. The molecular formula is C18H19FN2O4. The molecule has 25 heavy (non-hydrogen) atoms. The van der Waals surface area contributed by atoms with E-state index in [-0.39, 0.29) is 30.4 Å². The van der Waals surface area contributed by atoms with Crippen molar-refractivity contribution >= 4 is 11.8 Å². The first-order valence-corrected chi connectivity index (χ1v) is 7.55. The molecule has 0 spiro atoms. The zero-order valence-corrected chi connectivity index (χ0v) is 14.0. The Balaban J connectivity index is 1.91. The van der Waals surface area contributed by atoms with Crippen LogP contribution in [0.2, 0.25) is 0 Å². The second kappa shape index (κ2) is 8.68. The number of carbonyl (C=O) groups is 2. The summed E-state index contributed by atoms with van der Waals surface area (Å²) in [5.41, 5.74) is 0.978. The van der Waals surface area contributed by atoms with Crippen LogP contribution < -0.4 is 20.1 Å². The lowest BCUT2D eigenvalue weighted by molar-refractivity contribution is -0.120. The molecule has 0 aliphatic rings. The zero-order chi connectivity index (χ0) is 18.2. The molecule has 2 aromatic rings. The van der Waals surface area contributed by atoms with E-state index in [0.29, 0.717) is 11.5 Å². The highest BCUT2D eigenvalue weighted by molar-refractivity contribution is 6.01. The maximum absolute atomic E-state index is 12.8. The summed E-state index contributed by atoms with van der Waals surface area (Å²) in [5.74, 6) is -0.488. The van der Waals surface area contributed by atoms with E-state index in [1.54, 1.807) is 30.3 Å². The van der Waals surface area contributed by atoms with Crippen LogP contribution in [0.5, 0.6) is 11.5 Å². The highest BCUT2D eigenvalue weighted by Gasteiger charge is 2.18. The molecular weight excluding hydrogens is 327 g/mol. The van der Waals surface area contributed by atoms with E-state index in [4.69, 9.17) is 9.47 Å². The Kier molecular flexibility index (Phi) is 6.33. The van der Waals surface area contributed by atoms with E-state index in [1.165, 1.54) is 26.4 Å². The van der Waals surface area contributed by atoms with Gasteiger partial charge in [0.2, 0.25) is 5.91 Å². The molecule has 0 atom stereocenters. The minimum Gasteiger partial charge on any atom is -0.496 e. The Bertz CT molecular complexity index is 725. The highest BCUT2D eigenvalue weighted by atomic mass is 19.1. The Morgan fingerprint density at radius 2 is 1.56 bits per heavy atom. The van der Waals surface area contributed by atoms with Gasteiger partial charge in [-0.15, -0.1) is 0 Å². The average molecular weight is 346 g/mol. The summed E-state index contributed by atoms with van der Waals surface area (Å²) >= 11 is 0. The van der Waals surface area contributed by atoms with Gasteiger partial charge in [0.1, 0.15) is 22.9 Å². The molecule has 0 heterocycles. The summed E-state index contributed by atoms with van der Waals surface area (Å²) in [4.78, 5) is 24.2. The number of methoxy groups -OCH3 is 2. The van der Waals surface area contributed by atoms with Crippen molar-refractivity contribution in [1.29, 1.82) is 0 Å². The second-order valence-electron chi connectivity index (χ2n) is 5.12. The molecule has 0 unspecified atom stereocenters. The quantitative estimate of drug-likeness (QED) is 0.803. The van der Waals surface area contributed by atoms with Crippen LogP contribution in [0.1, 0.15) is 15.9 Å². The monoisotopic (exact) mass is 346 g/mol. The summed E-state index contributed by atoms with van der Waals surface area (Å²) in [6.45, 7) is 0.0359. The fourth-order valence-electron chi connectivity index (χ4n) is 2.19. The Morgan fingerprint density at radius 1 is 0.960 bits per heavy atom. The number of halogens is 1. The highest BCUT2D eigenvalue weighted by Crippen LogP contribution is 2.27. The van der Waals surface area contributed by atoms with Crippen molar-refractivity contribution in [2.24, 2.45) is 0 Å². The van der Waals surface area contributed by atoms with Gasteiger partial charge in [-0.2, -0.15) is 0 Å². The van der Waals surface area contributed by atoms with Crippen LogP contribution in [0.15, 0.2) is 42.5 Å². The predicted molar refractivity (Wildman–Crippen MR) is 90.1 cm³/mol. The van der Waals surface area contributed by atoms with E-state index in [1.807, 2.05) is 0 Å². The van der Waals surface area contributed by atoms with Gasteiger partial charge in [-0.3, -0.25) is 9.59 Å². The van der Waals surface area contributed by atoms with Crippen molar-refractivity contribution in [3.63, 3.8) is 0 Å². The summed E-state index contributed by atoms with van der Waals surface area (Å²) in [6.07, 6.45) is 0. The van der Waals surface area contributed by atoms with Gasteiger partial charge in [-0.25, -0.2) is 4.39 Å². The number of rotatable bonds is 7. The first kappa shape index (κ1) is 18.3. The Morgan fingerprint density at radius 3 is 2.12 bits per heavy atom. The molecule has 0 saturated heterocycles. The number of hydrogen-bond donors (Lipinski definition) is 2.